The van der Waals surface area contributed by atoms with Crippen LogP contribution < -0.4 is 5.73 Å². The summed E-state index contributed by atoms with van der Waals surface area (Å²) in [5, 5.41) is 0. The first-order valence-corrected chi connectivity index (χ1v) is 4.78. The van der Waals surface area contributed by atoms with Gasteiger partial charge in [-0.3, -0.25) is 9.59 Å². The number of hydrogen-bond acceptors (Lipinski definition) is 4. The van der Waals surface area contributed by atoms with Gasteiger partial charge in [0.2, 0.25) is 0 Å². The summed E-state index contributed by atoms with van der Waals surface area (Å²) in [6, 6.07) is 0. The Morgan fingerprint density at radius 2 is 1.86 bits per heavy atom. The summed E-state index contributed by atoms with van der Waals surface area (Å²) < 4.78 is 4.81. The van der Waals surface area contributed by atoms with Gasteiger partial charge in [0.05, 0.1) is 19.6 Å². The van der Waals surface area contributed by atoms with Gasteiger partial charge in [0.1, 0.15) is 5.78 Å². The second-order valence-corrected chi connectivity index (χ2v) is 4.07. The highest BCUT2D eigenvalue weighted by Gasteiger charge is 2.25. The Balaban J connectivity index is 4.05. The molecule has 0 saturated carbocycles. The van der Waals surface area contributed by atoms with E-state index in [0.717, 1.165) is 0 Å². The molecule has 0 unspecified atom stereocenters. The van der Waals surface area contributed by atoms with E-state index in [1.54, 1.807) is 6.92 Å². The van der Waals surface area contributed by atoms with Crippen molar-refractivity contribution < 1.29 is 14.3 Å². The van der Waals surface area contributed by atoms with E-state index >= 15 is 0 Å². The molecule has 0 fully saturated rings. The minimum atomic E-state index is -0.358. The van der Waals surface area contributed by atoms with E-state index in [1.165, 1.54) is 0 Å². The Labute approximate surface area is 84.8 Å². The molecule has 0 aliphatic carbocycles. The third-order valence-corrected chi connectivity index (χ3v) is 1.83. The maximum Gasteiger partial charge on any atom is 0.306 e. The molecule has 0 aromatic carbocycles. The van der Waals surface area contributed by atoms with Gasteiger partial charge in [0.25, 0.3) is 0 Å². The van der Waals surface area contributed by atoms with Crippen LogP contribution in [0.2, 0.25) is 0 Å². The maximum atomic E-state index is 11.2. The summed E-state index contributed by atoms with van der Waals surface area (Å²) in [5.74, 6) is -0.290. The van der Waals surface area contributed by atoms with Crippen LogP contribution in [0, 0.1) is 5.41 Å². The third-order valence-electron chi connectivity index (χ3n) is 1.83. The second-order valence-electron chi connectivity index (χ2n) is 4.07. The fourth-order valence-corrected chi connectivity index (χ4v) is 1.27. The number of carbonyl (C=O) groups excluding carboxylic acids is 2. The van der Waals surface area contributed by atoms with Crippen LogP contribution in [0.4, 0.5) is 0 Å². The average Bonchev–Trinajstić information content (AvgIpc) is 2.02. The van der Waals surface area contributed by atoms with E-state index in [1.807, 2.05) is 13.8 Å². The number of rotatable bonds is 6. The summed E-state index contributed by atoms with van der Waals surface area (Å²) in [4.78, 5) is 22.3. The van der Waals surface area contributed by atoms with Gasteiger partial charge in [-0.2, -0.15) is 0 Å². The van der Waals surface area contributed by atoms with Crippen LogP contribution >= 0.6 is 0 Å². The first-order valence-electron chi connectivity index (χ1n) is 4.78. The molecule has 0 aromatic heterocycles. The van der Waals surface area contributed by atoms with Crippen molar-refractivity contribution in [2.45, 2.75) is 33.6 Å². The lowest BCUT2D eigenvalue weighted by Gasteiger charge is -2.21. The van der Waals surface area contributed by atoms with Crippen LogP contribution in [-0.4, -0.2) is 24.9 Å². The molecule has 0 rings (SSSR count). The molecular formula is C10H19NO3. The Morgan fingerprint density at radius 3 is 2.29 bits per heavy atom. The van der Waals surface area contributed by atoms with E-state index in [-0.39, 0.29) is 30.1 Å². The van der Waals surface area contributed by atoms with Crippen LogP contribution in [0.1, 0.15) is 33.6 Å². The lowest BCUT2D eigenvalue weighted by atomic mass is 9.84. The normalized spacial score (nSPS) is 11.1. The highest BCUT2D eigenvalue weighted by molar-refractivity contribution is 5.81. The van der Waals surface area contributed by atoms with Crippen LogP contribution in [0.15, 0.2) is 0 Å². The summed E-state index contributed by atoms with van der Waals surface area (Å²) in [7, 11) is 0. The van der Waals surface area contributed by atoms with Crippen LogP contribution in [0.3, 0.4) is 0 Å². The fraction of sp³-hybridized carbons (Fsp3) is 0.800. The maximum absolute atomic E-state index is 11.2. The number of carbonyl (C=O) groups is 2. The van der Waals surface area contributed by atoms with Crippen molar-refractivity contribution in [1.29, 1.82) is 0 Å². The largest absolute Gasteiger partial charge is 0.466 e. The van der Waals surface area contributed by atoms with Gasteiger partial charge in [-0.15, -0.1) is 0 Å². The van der Waals surface area contributed by atoms with Crippen molar-refractivity contribution in [3.63, 3.8) is 0 Å². The highest BCUT2D eigenvalue weighted by Crippen LogP contribution is 2.25. The fourth-order valence-electron chi connectivity index (χ4n) is 1.27. The number of Topliss-reactive ketones (excluding diaryl/α,β-unsaturated/α-hetero) is 1. The summed E-state index contributed by atoms with van der Waals surface area (Å²) in [6.45, 7) is 5.89. The quantitative estimate of drug-likeness (QED) is 0.648. The molecule has 0 heterocycles. The molecule has 0 aliphatic heterocycles. The van der Waals surface area contributed by atoms with Crippen molar-refractivity contribution in [2.24, 2.45) is 11.1 Å². The molecule has 2 N–H and O–H groups in total. The van der Waals surface area contributed by atoms with Gasteiger partial charge < -0.3 is 10.5 Å². The van der Waals surface area contributed by atoms with Gasteiger partial charge in [-0.05, 0) is 12.3 Å². The Morgan fingerprint density at radius 1 is 1.29 bits per heavy atom. The van der Waals surface area contributed by atoms with Gasteiger partial charge in [0, 0.05) is 6.42 Å². The summed E-state index contributed by atoms with van der Waals surface area (Å²) >= 11 is 0. The minimum absolute atomic E-state index is 0.0284. The molecular weight excluding hydrogens is 182 g/mol. The molecule has 4 nitrogen and oxygen atoms in total. The molecule has 0 saturated heterocycles. The predicted molar refractivity (Wildman–Crippen MR) is 53.7 cm³/mol. The number of esters is 1. The SMILES string of the molecule is CCOC(=O)CC(C)(C)CC(=O)CN. The van der Waals surface area contributed by atoms with Crippen molar-refractivity contribution in [3.05, 3.63) is 0 Å². The van der Waals surface area contributed by atoms with Crippen molar-refractivity contribution in [3.8, 4) is 0 Å². The van der Waals surface area contributed by atoms with Crippen LogP contribution in [-0.2, 0) is 14.3 Å². The van der Waals surface area contributed by atoms with Crippen LogP contribution in [0.25, 0.3) is 0 Å². The molecule has 0 amide bonds. The van der Waals surface area contributed by atoms with E-state index < -0.39 is 0 Å². The van der Waals surface area contributed by atoms with Crippen molar-refractivity contribution in [1.82, 2.24) is 0 Å². The summed E-state index contributed by atoms with van der Waals surface area (Å²) in [5.41, 5.74) is 4.84. The zero-order valence-corrected chi connectivity index (χ0v) is 9.13. The monoisotopic (exact) mass is 201 g/mol. The Hall–Kier alpha value is -0.900. The van der Waals surface area contributed by atoms with Gasteiger partial charge >= 0.3 is 5.97 Å². The molecule has 14 heavy (non-hydrogen) atoms. The zero-order valence-electron chi connectivity index (χ0n) is 9.13. The molecule has 0 spiro atoms. The topological polar surface area (TPSA) is 69.4 Å². The standard InChI is InChI=1S/C10H19NO3/c1-4-14-9(13)6-10(2,3)5-8(12)7-11/h4-7,11H2,1-3H3. The smallest absolute Gasteiger partial charge is 0.306 e. The number of ether oxygens (including phenoxy) is 1. The minimum Gasteiger partial charge on any atom is -0.466 e. The van der Waals surface area contributed by atoms with E-state index in [4.69, 9.17) is 10.5 Å². The lowest BCUT2D eigenvalue weighted by molar-refractivity contribution is -0.145. The first-order chi connectivity index (χ1) is 6.41. The van der Waals surface area contributed by atoms with Crippen molar-refractivity contribution >= 4 is 11.8 Å². The van der Waals surface area contributed by atoms with E-state index in [9.17, 15) is 9.59 Å². The third kappa shape index (κ3) is 5.70. The summed E-state index contributed by atoms with van der Waals surface area (Å²) in [6.07, 6.45) is 0.578. The molecule has 0 atom stereocenters. The van der Waals surface area contributed by atoms with Crippen molar-refractivity contribution in [2.75, 3.05) is 13.2 Å². The van der Waals surface area contributed by atoms with Gasteiger partial charge in [0.15, 0.2) is 0 Å². The van der Waals surface area contributed by atoms with Crippen LogP contribution in [0.5, 0.6) is 0 Å². The Bertz CT molecular complexity index is 211. The highest BCUT2D eigenvalue weighted by atomic mass is 16.5. The molecule has 4 heteroatoms. The molecule has 82 valence electrons. The average molecular weight is 201 g/mol. The Kier molecular flexibility index (Phi) is 5.38. The van der Waals surface area contributed by atoms with E-state index in [2.05, 4.69) is 0 Å². The second kappa shape index (κ2) is 5.75. The van der Waals surface area contributed by atoms with Gasteiger partial charge in [-0.25, -0.2) is 0 Å². The molecule has 0 aromatic rings. The number of hydrogen-bond donors (Lipinski definition) is 1. The number of nitrogens with two attached hydrogens (primary N) is 1. The predicted octanol–water partition coefficient (Wildman–Crippen LogP) is 0.884. The first kappa shape index (κ1) is 13.1. The number of ketones is 1. The zero-order chi connectivity index (χ0) is 11.2. The molecule has 0 radical (unpaired) electrons. The molecule has 0 aliphatic rings. The van der Waals surface area contributed by atoms with Gasteiger partial charge in [-0.1, -0.05) is 13.8 Å². The molecule has 0 bridgehead atoms. The van der Waals surface area contributed by atoms with E-state index in [0.29, 0.717) is 13.0 Å². The lowest BCUT2D eigenvalue weighted by Crippen LogP contribution is -2.25.